The van der Waals surface area contributed by atoms with Crippen molar-refractivity contribution < 1.29 is 11.7 Å². The summed E-state index contributed by atoms with van der Waals surface area (Å²) in [6.45, 7) is -0.279. The first-order valence-electron chi connectivity index (χ1n) is 1.66. The Hall–Kier alpha value is 0.100. The Balaban J connectivity index is 3.15. The van der Waals surface area contributed by atoms with Gasteiger partial charge >= 0.3 is 0 Å². The predicted molar refractivity (Wildman–Crippen MR) is 24.8 cm³/mol. The number of hydrogen-bond donors (Lipinski definition) is 1. The lowest BCUT2D eigenvalue weighted by Gasteiger charge is -2.04. The molecular weight excluding hydrogens is 127 g/mol. The van der Waals surface area contributed by atoms with Crippen molar-refractivity contribution in [3.63, 3.8) is 0 Å². The second kappa shape index (κ2) is 2.42. The molecule has 0 saturated carbocycles. The van der Waals surface area contributed by atoms with Gasteiger partial charge in [0, 0.05) is 6.54 Å². The van der Waals surface area contributed by atoms with Gasteiger partial charge < -0.3 is 5.73 Å². The summed E-state index contributed by atoms with van der Waals surface area (Å²) in [7, 11) is 0. The van der Waals surface area contributed by atoms with Crippen LogP contribution < -0.4 is 5.73 Å². The minimum absolute atomic E-state index is 0.279. The molecule has 46 valence electrons. The fourth-order valence-electron chi connectivity index (χ4n) is 0.134. The van der Waals surface area contributed by atoms with E-state index in [1.807, 2.05) is 0 Å². The third-order valence-corrected chi connectivity index (χ3v) is 1.05. The van der Waals surface area contributed by atoms with E-state index in [1.165, 1.54) is 0 Å². The van der Waals surface area contributed by atoms with Crippen LogP contribution in [0, 0.1) is 0 Å². The van der Waals surface area contributed by atoms with Gasteiger partial charge in [0.1, 0.15) is 0 Å². The highest BCUT2D eigenvalue weighted by Gasteiger charge is 2.17. The van der Waals surface area contributed by atoms with E-state index < -0.39 is 16.9 Å². The van der Waals surface area contributed by atoms with Crippen molar-refractivity contribution in [2.45, 2.75) is 0 Å². The molecule has 5 heteroatoms. The van der Waals surface area contributed by atoms with E-state index in [0.29, 0.717) is 0 Å². The Morgan fingerprint density at radius 3 is 1.71 bits per heavy atom. The first-order valence-corrected chi connectivity index (χ1v) is 3.16. The van der Waals surface area contributed by atoms with E-state index in [4.69, 9.17) is 0 Å². The molecule has 0 aliphatic carbocycles. The lowest BCUT2D eigenvalue weighted by atomic mass is 10.8. The Bertz CT molecular complexity index is 51.4. The Labute approximate surface area is 41.9 Å². The molecule has 0 spiro atoms. The second-order valence-corrected chi connectivity index (χ2v) is 2.41. The molecule has 0 atom stereocenters. The first kappa shape index (κ1) is 7.10. The van der Waals surface area contributed by atoms with Crippen LogP contribution in [0.4, 0.5) is 11.7 Å². The molecule has 0 heterocycles. The van der Waals surface area contributed by atoms with Crippen molar-refractivity contribution in [2.24, 2.45) is 5.73 Å². The molecule has 0 radical (unpaired) electrons. The zero-order chi connectivity index (χ0) is 5.91. The molecule has 1 nitrogen and oxygen atoms in total. The van der Waals surface area contributed by atoms with Gasteiger partial charge in [0.15, 0.2) is 0 Å². The zero-order valence-electron chi connectivity index (χ0n) is 3.53. The molecule has 0 bridgehead atoms. The molecule has 0 fully saturated rings. The largest absolute Gasteiger partial charge is 0.329 e. The monoisotopic (exact) mass is 133 g/mol. The highest BCUT2D eigenvalue weighted by atomic mass is 32.3. The molecular formula is C2H6F3NS. The van der Waals surface area contributed by atoms with E-state index in [0.717, 1.165) is 0 Å². The molecule has 0 aromatic heterocycles. The van der Waals surface area contributed by atoms with Crippen LogP contribution in [0.5, 0.6) is 0 Å². The fraction of sp³-hybridized carbons (Fsp3) is 1.00. The normalized spacial score (nSPS) is 14.3. The van der Waals surface area contributed by atoms with Crippen LogP contribution in [0.3, 0.4) is 0 Å². The molecule has 0 rings (SSSR count). The summed E-state index contributed by atoms with van der Waals surface area (Å²) in [5.41, 5.74) is 4.62. The maximum atomic E-state index is 11.1. The maximum absolute atomic E-state index is 11.1. The average Bonchev–Trinajstić information content (AvgIpc) is 1.30. The molecule has 2 N–H and O–H groups in total. The van der Waals surface area contributed by atoms with Gasteiger partial charge in [0.05, 0.1) is 5.75 Å². The minimum atomic E-state index is -4.80. The highest BCUT2D eigenvalue weighted by Crippen LogP contribution is 2.52. The number of rotatable bonds is 2. The van der Waals surface area contributed by atoms with Gasteiger partial charge in [-0.15, -0.1) is 11.7 Å². The standard InChI is InChI=1S/C2H6F3NS/c3-7(4,5)2-1-6/h1-2,6H2. The summed E-state index contributed by atoms with van der Waals surface area (Å²) in [5.74, 6) is -0.799. The number of hydrogen-bond acceptors (Lipinski definition) is 1. The predicted octanol–water partition coefficient (Wildman–Crippen LogP) is 1.40. The maximum Gasteiger partial charge on any atom is 0.210 e. The van der Waals surface area contributed by atoms with Crippen LogP contribution in [0.1, 0.15) is 0 Å². The van der Waals surface area contributed by atoms with Gasteiger partial charge in [0.2, 0.25) is 11.2 Å². The number of halogens is 3. The van der Waals surface area contributed by atoms with Crippen molar-refractivity contribution in [1.29, 1.82) is 0 Å². The van der Waals surface area contributed by atoms with Crippen molar-refractivity contribution in [1.82, 2.24) is 0 Å². The summed E-state index contributed by atoms with van der Waals surface area (Å²) in [6, 6.07) is 0. The highest BCUT2D eigenvalue weighted by molar-refractivity contribution is 8.20. The summed E-state index contributed by atoms with van der Waals surface area (Å²) in [4.78, 5) is 0. The van der Waals surface area contributed by atoms with E-state index in [9.17, 15) is 11.7 Å². The molecule has 0 aliphatic rings. The van der Waals surface area contributed by atoms with Gasteiger partial charge in [-0.2, -0.15) is 0 Å². The topological polar surface area (TPSA) is 26.0 Å². The molecule has 0 unspecified atom stereocenters. The van der Waals surface area contributed by atoms with Crippen LogP contribution in [0.15, 0.2) is 0 Å². The van der Waals surface area contributed by atoms with Crippen molar-refractivity contribution in [3.8, 4) is 0 Å². The van der Waals surface area contributed by atoms with Crippen molar-refractivity contribution in [2.75, 3.05) is 12.3 Å². The summed E-state index contributed by atoms with van der Waals surface area (Å²) < 4.78 is 33.2. The number of nitrogens with two attached hydrogens (primary N) is 1. The third kappa shape index (κ3) is 6.10. The van der Waals surface area contributed by atoms with Gasteiger partial charge in [-0.1, -0.05) is 0 Å². The second-order valence-electron chi connectivity index (χ2n) is 0.995. The van der Waals surface area contributed by atoms with Gasteiger partial charge in [-0.3, -0.25) is 0 Å². The van der Waals surface area contributed by atoms with Gasteiger partial charge in [0.25, 0.3) is 0 Å². The van der Waals surface area contributed by atoms with Crippen LogP contribution in [-0.4, -0.2) is 12.3 Å². The third-order valence-electron chi connectivity index (χ3n) is 0.349. The fourth-order valence-corrected chi connectivity index (χ4v) is 0.401. The minimum Gasteiger partial charge on any atom is -0.329 e. The van der Waals surface area contributed by atoms with Gasteiger partial charge in [-0.05, 0) is 0 Å². The van der Waals surface area contributed by atoms with E-state index in [1.54, 1.807) is 0 Å². The zero-order valence-corrected chi connectivity index (χ0v) is 4.35. The lowest BCUT2D eigenvalue weighted by molar-refractivity contribution is 0.632. The molecule has 0 amide bonds. The summed E-state index contributed by atoms with van der Waals surface area (Å²) in [6.07, 6.45) is 0. The summed E-state index contributed by atoms with van der Waals surface area (Å²) >= 11 is -4.80. The first-order chi connectivity index (χ1) is 3.06. The van der Waals surface area contributed by atoms with E-state index in [-0.39, 0.29) is 6.54 Å². The SMILES string of the molecule is NCCS(F)(F)F. The molecule has 0 aromatic rings. The van der Waals surface area contributed by atoms with Crippen molar-refractivity contribution >= 4 is 11.2 Å². The van der Waals surface area contributed by atoms with Crippen LogP contribution >= 0.6 is 11.2 Å². The molecule has 7 heavy (non-hydrogen) atoms. The Morgan fingerprint density at radius 1 is 1.29 bits per heavy atom. The van der Waals surface area contributed by atoms with Crippen LogP contribution in [-0.2, 0) is 0 Å². The average molecular weight is 133 g/mol. The van der Waals surface area contributed by atoms with Crippen LogP contribution in [0.2, 0.25) is 0 Å². The molecule has 0 aromatic carbocycles. The van der Waals surface area contributed by atoms with Gasteiger partial charge in [-0.25, -0.2) is 0 Å². The van der Waals surface area contributed by atoms with E-state index >= 15 is 0 Å². The Kier molecular flexibility index (Phi) is 2.45. The van der Waals surface area contributed by atoms with E-state index in [2.05, 4.69) is 5.73 Å². The smallest absolute Gasteiger partial charge is 0.210 e. The quantitative estimate of drug-likeness (QED) is 0.605. The molecule has 0 aliphatic heterocycles. The Morgan fingerprint density at radius 2 is 1.71 bits per heavy atom. The van der Waals surface area contributed by atoms with Crippen LogP contribution in [0.25, 0.3) is 0 Å². The summed E-state index contributed by atoms with van der Waals surface area (Å²) in [5, 5.41) is 0. The van der Waals surface area contributed by atoms with Crippen molar-refractivity contribution in [3.05, 3.63) is 0 Å². The lowest BCUT2D eigenvalue weighted by Crippen LogP contribution is -2.04. The molecule has 0 saturated heterocycles.